The molecule has 0 aliphatic carbocycles. The van der Waals surface area contributed by atoms with Crippen LogP contribution in [0.15, 0.2) is 42.5 Å². The standard InChI is InChI=1S/C32H37N5O5S/c1-5-20-21-16-19(42-4)10-11-22(21)34-27(20)31(41)36-25(14-17(2)3)30(40)35-24(15-18-12-13-33-29(18)39)28(38)32-37-23-8-6-7-9-26(23)43-32/h6-11,16-18,24-25,34H,5,12-15H2,1-4H3,(H,33,39)(H,35,40)(H,36,41)/t18-,24-,25-/m0/s1. The summed E-state index contributed by atoms with van der Waals surface area (Å²) in [6.45, 7) is 6.42. The molecule has 0 spiro atoms. The van der Waals surface area contributed by atoms with Crippen LogP contribution in [0.5, 0.6) is 5.75 Å². The number of carbonyl (C=O) groups is 4. The minimum absolute atomic E-state index is 0.0766. The third-order valence-corrected chi connectivity index (χ3v) is 8.89. The number of amides is 3. The van der Waals surface area contributed by atoms with E-state index < -0.39 is 29.8 Å². The molecule has 3 atom stereocenters. The molecule has 5 rings (SSSR count). The molecule has 226 valence electrons. The highest BCUT2D eigenvalue weighted by atomic mass is 32.1. The van der Waals surface area contributed by atoms with Gasteiger partial charge in [0.1, 0.15) is 17.5 Å². The molecule has 4 aromatic rings. The van der Waals surface area contributed by atoms with Crippen molar-refractivity contribution in [3.05, 3.63) is 58.7 Å². The molecule has 3 heterocycles. The van der Waals surface area contributed by atoms with Crippen molar-refractivity contribution in [3.8, 4) is 5.75 Å². The summed E-state index contributed by atoms with van der Waals surface area (Å²) in [6, 6.07) is 11.1. The van der Waals surface area contributed by atoms with Crippen LogP contribution in [0.4, 0.5) is 0 Å². The van der Waals surface area contributed by atoms with Crippen LogP contribution in [-0.2, 0) is 16.0 Å². The number of ketones is 1. The van der Waals surface area contributed by atoms with Gasteiger partial charge in [-0.25, -0.2) is 4.98 Å². The topological polar surface area (TPSA) is 142 Å². The molecule has 3 amide bonds. The second kappa shape index (κ2) is 12.9. The summed E-state index contributed by atoms with van der Waals surface area (Å²) in [6.07, 6.45) is 1.69. The van der Waals surface area contributed by atoms with Gasteiger partial charge in [0.25, 0.3) is 5.91 Å². The van der Waals surface area contributed by atoms with Gasteiger partial charge in [0.15, 0.2) is 5.01 Å². The molecular formula is C32H37N5O5S. The van der Waals surface area contributed by atoms with E-state index in [0.717, 1.165) is 21.2 Å². The molecule has 0 radical (unpaired) electrons. The van der Waals surface area contributed by atoms with Crippen molar-refractivity contribution in [2.45, 2.75) is 58.5 Å². The predicted octanol–water partition coefficient (Wildman–Crippen LogP) is 4.39. The number of methoxy groups -OCH3 is 1. The zero-order chi connectivity index (χ0) is 30.7. The number of hydrogen-bond donors (Lipinski definition) is 4. The highest BCUT2D eigenvalue weighted by Gasteiger charge is 2.35. The average Bonchev–Trinajstić information content (AvgIpc) is 3.71. The van der Waals surface area contributed by atoms with Gasteiger partial charge in [0.05, 0.1) is 23.4 Å². The van der Waals surface area contributed by atoms with Gasteiger partial charge in [-0.05, 0) is 67.5 Å². The molecule has 0 saturated carbocycles. The van der Waals surface area contributed by atoms with Crippen LogP contribution >= 0.6 is 11.3 Å². The maximum atomic E-state index is 13.8. The molecule has 10 nitrogen and oxygen atoms in total. The molecule has 0 unspecified atom stereocenters. The minimum atomic E-state index is -0.972. The molecule has 0 bridgehead atoms. The van der Waals surface area contributed by atoms with Crippen LogP contribution in [0.2, 0.25) is 0 Å². The van der Waals surface area contributed by atoms with Crippen LogP contribution in [0.1, 0.15) is 65.9 Å². The van der Waals surface area contributed by atoms with Gasteiger partial charge in [0.2, 0.25) is 17.6 Å². The van der Waals surface area contributed by atoms with Crippen molar-refractivity contribution in [2.75, 3.05) is 13.7 Å². The van der Waals surface area contributed by atoms with E-state index in [-0.39, 0.29) is 29.0 Å². The van der Waals surface area contributed by atoms with Gasteiger partial charge in [-0.2, -0.15) is 0 Å². The van der Waals surface area contributed by atoms with Gasteiger partial charge < -0.3 is 25.7 Å². The largest absolute Gasteiger partial charge is 0.497 e. The SMILES string of the molecule is CCc1c(C(=O)N[C@@H](CC(C)C)C(=O)N[C@@H](C[C@@H]2CCNC2=O)C(=O)c2nc3ccccc3s2)[nH]c2ccc(OC)cc12. The predicted molar refractivity (Wildman–Crippen MR) is 167 cm³/mol. The van der Waals surface area contributed by atoms with E-state index in [1.807, 2.05) is 63.2 Å². The normalized spacial score (nSPS) is 16.3. The fourth-order valence-electron chi connectivity index (χ4n) is 5.63. The van der Waals surface area contributed by atoms with Gasteiger partial charge in [-0.1, -0.05) is 32.9 Å². The number of benzene rings is 2. The quantitative estimate of drug-likeness (QED) is 0.177. The smallest absolute Gasteiger partial charge is 0.268 e. The van der Waals surface area contributed by atoms with Crippen LogP contribution < -0.4 is 20.7 Å². The Morgan fingerprint density at radius 3 is 2.58 bits per heavy atom. The molecule has 1 fully saturated rings. The van der Waals surface area contributed by atoms with E-state index in [9.17, 15) is 19.2 Å². The van der Waals surface area contributed by atoms with Crippen molar-refractivity contribution in [1.82, 2.24) is 25.9 Å². The molecule has 1 aliphatic heterocycles. The Balaban J connectivity index is 1.40. The average molecular weight is 604 g/mol. The van der Waals surface area contributed by atoms with Crippen LogP contribution in [0.3, 0.4) is 0 Å². The number of aromatic nitrogens is 2. The van der Waals surface area contributed by atoms with Gasteiger partial charge >= 0.3 is 0 Å². The summed E-state index contributed by atoms with van der Waals surface area (Å²) in [5.74, 6) is -1.00. The van der Waals surface area contributed by atoms with Gasteiger partial charge in [-0.15, -0.1) is 11.3 Å². The number of hydrogen-bond acceptors (Lipinski definition) is 7. The number of nitrogens with zero attached hydrogens (tertiary/aromatic N) is 1. The lowest BCUT2D eigenvalue weighted by Gasteiger charge is -2.24. The fourth-order valence-corrected chi connectivity index (χ4v) is 6.59. The summed E-state index contributed by atoms with van der Waals surface area (Å²) < 4.78 is 6.23. The molecule has 11 heteroatoms. The summed E-state index contributed by atoms with van der Waals surface area (Å²) in [5.41, 5.74) is 2.71. The Bertz CT molecular complexity index is 1640. The summed E-state index contributed by atoms with van der Waals surface area (Å²) in [7, 11) is 1.59. The number of aryl methyl sites for hydroxylation is 1. The first kappa shape index (κ1) is 30.2. The van der Waals surface area contributed by atoms with E-state index >= 15 is 0 Å². The lowest BCUT2D eigenvalue weighted by Crippen LogP contribution is -2.52. The van der Waals surface area contributed by atoms with E-state index in [2.05, 4.69) is 25.9 Å². The molecular weight excluding hydrogens is 566 g/mol. The zero-order valence-electron chi connectivity index (χ0n) is 24.8. The number of rotatable bonds is 12. The maximum Gasteiger partial charge on any atom is 0.268 e. The van der Waals surface area contributed by atoms with E-state index in [1.165, 1.54) is 11.3 Å². The Hall–Kier alpha value is -4.25. The number of nitrogens with one attached hydrogen (secondary N) is 4. The highest BCUT2D eigenvalue weighted by molar-refractivity contribution is 7.20. The number of para-hydroxylation sites is 1. The maximum absolute atomic E-state index is 13.8. The second-order valence-corrected chi connectivity index (χ2v) is 12.4. The van der Waals surface area contributed by atoms with Crippen molar-refractivity contribution < 1.29 is 23.9 Å². The molecule has 4 N–H and O–H groups in total. The first-order valence-electron chi connectivity index (χ1n) is 14.7. The number of H-pyrrole nitrogens is 1. The number of aromatic amines is 1. The van der Waals surface area contributed by atoms with Crippen molar-refractivity contribution in [3.63, 3.8) is 0 Å². The Labute approximate surface area is 254 Å². The van der Waals surface area contributed by atoms with Gasteiger partial charge in [0, 0.05) is 23.4 Å². The van der Waals surface area contributed by atoms with E-state index in [4.69, 9.17) is 4.74 Å². The number of carbonyl (C=O) groups excluding carboxylic acids is 4. The number of Topliss-reactive ketones (excluding diaryl/α,β-unsaturated/α-hetero) is 1. The van der Waals surface area contributed by atoms with Crippen molar-refractivity contribution >= 4 is 56.0 Å². The zero-order valence-corrected chi connectivity index (χ0v) is 25.6. The van der Waals surface area contributed by atoms with E-state index in [0.29, 0.717) is 42.8 Å². The summed E-state index contributed by atoms with van der Waals surface area (Å²) in [5, 5.41) is 9.78. The molecule has 43 heavy (non-hydrogen) atoms. The van der Waals surface area contributed by atoms with E-state index in [1.54, 1.807) is 7.11 Å². The van der Waals surface area contributed by atoms with Crippen molar-refractivity contribution in [2.24, 2.45) is 11.8 Å². The van der Waals surface area contributed by atoms with Gasteiger partial charge in [-0.3, -0.25) is 19.2 Å². The third-order valence-electron chi connectivity index (χ3n) is 7.84. The third kappa shape index (κ3) is 6.56. The summed E-state index contributed by atoms with van der Waals surface area (Å²) >= 11 is 1.26. The molecule has 1 saturated heterocycles. The van der Waals surface area contributed by atoms with Crippen LogP contribution in [-0.4, -0.2) is 59.2 Å². The summed E-state index contributed by atoms with van der Waals surface area (Å²) in [4.78, 5) is 61.3. The Morgan fingerprint density at radius 1 is 1.12 bits per heavy atom. The first-order valence-corrected chi connectivity index (χ1v) is 15.5. The minimum Gasteiger partial charge on any atom is -0.497 e. The Kier molecular flexibility index (Phi) is 9.10. The fraction of sp³-hybridized carbons (Fsp3) is 0.406. The number of fused-ring (bicyclic) bond motifs is 2. The monoisotopic (exact) mass is 603 g/mol. The number of thiazole rings is 1. The van der Waals surface area contributed by atoms with Crippen LogP contribution in [0.25, 0.3) is 21.1 Å². The lowest BCUT2D eigenvalue weighted by molar-refractivity contribution is -0.125. The lowest BCUT2D eigenvalue weighted by atomic mass is 9.95. The first-order chi connectivity index (χ1) is 20.7. The van der Waals surface area contributed by atoms with Crippen LogP contribution in [0, 0.1) is 11.8 Å². The van der Waals surface area contributed by atoms with Crippen molar-refractivity contribution in [1.29, 1.82) is 0 Å². The molecule has 2 aromatic heterocycles. The molecule has 1 aliphatic rings. The highest BCUT2D eigenvalue weighted by Crippen LogP contribution is 2.28. The number of ether oxygens (including phenoxy) is 1. The molecule has 2 aromatic carbocycles. The second-order valence-electron chi connectivity index (χ2n) is 11.3. The Morgan fingerprint density at radius 2 is 1.91 bits per heavy atom.